The molecule has 1 spiro atoms. The maximum atomic E-state index is 13.6. The van der Waals surface area contributed by atoms with Crippen LogP contribution >= 0.6 is 0 Å². The zero-order chi connectivity index (χ0) is 25.6. The first-order valence-electron chi connectivity index (χ1n) is 12.3. The molecule has 2 aromatic heterocycles. The molecule has 0 bridgehead atoms. The van der Waals surface area contributed by atoms with E-state index in [-0.39, 0.29) is 17.2 Å². The molecular formula is C28H26F2N4O3. The predicted octanol–water partition coefficient (Wildman–Crippen LogP) is 4.53. The van der Waals surface area contributed by atoms with Crippen LogP contribution in [0.4, 0.5) is 8.78 Å². The smallest absolute Gasteiger partial charge is 0.258 e. The van der Waals surface area contributed by atoms with Crippen LogP contribution in [0, 0.1) is 11.6 Å². The number of H-pyrrole nitrogens is 1. The molecule has 2 fully saturated rings. The Morgan fingerprint density at radius 3 is 2.59 bits per heavy atom. The summed E-state index contributed by atoms with van der Waals surface area (Å²) in [5, 5.41) is 4.01. The quantitative estimate of drug-likeness (QED) is 0.401. The molecule has 1 aliphatic heterocycles. The zero-order valence-corrected chi connectivity index (χ0v) is 20.3. The van der Waals surface area contributed by atoms with Crippen molar-refractivity contribution in [3.05, 3.63) is 82.0 Å². The molecule has 1 saturated carbocycles. The van der Waals surface area contributed by atoms with Gasteiger partial charge < -0.3 is 19.8 Å². The number of aromatic nitrogens is 3. The molecule has 190 valence electrons. The lowest BCUT2D eigenvalue weighted by Crippen LogP contribution is -2.44. The summed E-state index contributed by atoms with van der Waals surface area (Å²) in [5.41, 5.74) is 2.05. The predicted molar refractivity (Wildman–Crippen MR) is 135 cm³/mol. The number of halogens is 2. The highest BCUT2D eigenvalue weighted by molar-refractivity contribution is 5.81. The van der Waals surface area contributed by atoms with Gasteiger partial charge in [-0.2, -0.15) is 0 Å². The second kappa shape index (κ2) is 9.23. The fourth-order valence-electron chi connectivity index (χ4n) is 5.05. The normalized spacial score (nSPS) is 18.2. The Kier molecular flexibility index (Phi) is 5.87. The Balaban J connectivity index is 1.26. The third-order valence-corrected chi connectivity index (χ3v) is 7.13. The summed E-state index contributed by atoms with van der Waals surface area (Å²) in [6.45, 7) is 0.920. The zero-order valence-electron chi connectivity index (χ0n) is 20.3. The molecule has 1 saturated heterocycles. The molecule has 1 unspecified atom stereocenters. The van der Waals surface area contributed by atoms with Gasteiger partial charge in [0.05, 0.1) is 23.7 Å². The van der Waals surface area contributed by atoms with Gasteiger partial charge in [-0.1, -0.05) is 6.07 Å². The van der Waals surface area contributed by atoms with E-state index in [4.69, 9.17) is 9.47 Å². The third-order valence-electron chi connectivity index (χ3n) is 7.13. The van der Waals surface area contributed by atoms with Crippen LogP contribution in [0.15, 0.2) is 53.5 Å². The molecule has 2 aromatic carbocycles. The molecule has 6 rings (SSSR count). The van der Waals surface area contributed by atoms with Crippen LogP contribution in [-0.4, -0.2) is 40.2 Å². The monoisotopic (exact) mass is 504 g/mol. The summed E-state index contributed by atoms with van der Waals surface area (Å²) in [5.74, 6) is 0.232. The van der Waals surface area contributed by atoms with E-state index in [1.807, 2.05) is 0 Å². The summed E-state index contributed by atoms with van der Waals surface area (Å²) >= 11 is 0. The van der Waals surface area contributed by atoms with Crippen molar-refractivity contribution < 1.29 is 18.3 Å². The Labute approximate surface area is 211 Å². The first-order chi connectivity index (χ1) is 17.9. The topological polar surface area (TPSA) is 89.1 Å². The number of pyridine rings is 1. The molecule has 1 atom stereocenters. The molecular weight excluding hydrogens is 478 g/mol. The number of piperidine rings is 1. The number of fused-ring (bicyclic) bond motifs is 1. The minimum atomic E-state index is -0.661. The molecule has 2 aliphatic rings. The molecule has 4 aromatic rings. The van der Waals surface area contributed by atoms with Crippen molar-refractivity contribution in [1.29, 1.82) is 0 Å². The molecule has 0 radical (unpaired) electrons. The number of rotatable bonds is 6. The maximum absolute atomic E-state index is 13.6. The number of hydrogen-bond donors (Lipinski definition) is 2. The fraction of sp³-hybridized carbons (Fsp3) is 0.321. The number of hydrogen-bond acceptors (Lipinski definition) is 6. The summed E-state index contributed by atoms with van der Waals surface area (Å²) in [6, 6.07) is 10.2. The lowest BCUT2D eigenvalue weighted by Gasteiger charge is -2.31. The summed E-state index contributed by atoms with van der Waals surface area (Å²) in [4.78, 5) is 24.7. The number of methoxy groups -OCH3 is 1. The number of nitrogens with zero attached hydrogens (tertiary/aromatic N) is 2. The van der Waals surface area contributed by atoms with Crippen molar-refractivity contribution in [2.45, 2.75) is 43.7 Å². The van der Waals surface area contributed by atoms with E-state index in [0.29, 0.717) is 45.9 Å². The van der Waals surface area contributed by atoms with E-state index in [9.17, 15) is 13.6 Å². The van der Waals surface area contributed by atoms with Crippen molar-refractivity contribution in [2.24, 2.45) is 0 Å². The number of ether oxygens (including phenoxy) is 2. The van der Waals surface area contributed by atoms with Crippen molar-refractivity contribution in [1.82, 2.24) is 20.3 Å². The van der Waals surface area contributed by atoms with Gasteiger partial charge in [-0.15, -0.1) is 0 Å². The SMILES string of the molecule is COc1cc2c(=O)[nH]c(Cc3ccc(-c4cc(F)cc(F)c4)nc3)nc2cc1OC1CCNC2(CC2)C1. The lowest BCUT2D eigenvalue weighted by atomic mass is 10.00. The molecule has 2 N–H and O–H groups in total. The summed E-state index contributed by atoms with van der Waals surface area (Å²) < 4.78 is 39.0. The van der Waals surface area contributed by atoms with Crippen molar-refractivity contribution in [2.75, 3.05) is 13.7 Å². The van der Waals surface area contributed by atoms with Crippen LogP contribution in [-0.2, 0) is 6.42 Å². The second-order valence-corrected chi connectivity index (χ2v) is 9.86. The van der Waals surface area contributed by atoms with E-state index < -0.39 is 11.6 Å². The number of benzene rings is 2. The fourth-order valence-corrected chi connectivity index (χ4v) is 5.05. The van der Waals surface area contributed by atoms with E-state index in [1.165, 1.54) is 25.0 Å². The summed E-state index contributed by atoms with van der Waals surface area (Å²) in [6.07, 6.45) is 6.22. The molecule has 1 aliphatic carbocycles. The Morgan fingerprint density at radius 1 is 1.08 bits per heavy atom. The van der Waals surface area contributed by atoms with E-state index in [1.54, 1.807) is 37.6 Å². The molecule has 3 heterocycles. The van der Waals surface area contributed by atoms with Gasteiger partial charge in [-0.25, -0.2) is 13.8 Å². The molecule has 7 nitrogen and oxygen atoms in total. The highest BCUT2D eigenvalue weighted by Gasteiger charge is 2.46. The van der Waals surface area contributed by atoms with Crippen LogP contribution in [0.2, 0.25) is 0 Å². The lowest BCUT2D eigenvalue weighted by molar-refractivity contribution is 0.129. The Morgan fingerprint density at radius 2 is 1.89 bits per heavy atom. The van der Waals surface area contributed by atoms with Crippen molar-refractivity contribution in [3.63, 3.8) is 0 Å². The Bertz CT molecular complexity index is 1510. The van der Waals surface area contributed by atoms with Gasteiger partial charge in [-0.3, -0.25) is 9.78 Å². The van der Waals surface area contributed by atoms with E-state index in [0.717, 1.165) is 31.0 Å². The summed E-state index contributed by atoms with van der Waals surface area (Å²) in [7, 11) is 1.56. The first-order valence-corrected chi connectivity index (χ1v) is 12.3. The third kappa shape index (κ3) is 4.91. The van der Waals surface area contributed by atoms with Gasteiger partial charge in [0.25, 0.3) is 5.56 Å². The van der Waals surface area contributed by atoms with Gasteiger partial charge in [0, 0.05) is 42.3 Å². The van der Waals surface area contributed by atoms with Gasteiger partial charge in [0.2, 0.25) is 0 Å². The molecule has 37 heavy (non-hydrogen) atoms. The minimum absolute atomic E-state index is 0.0766. The Hall–Kier alpha value is -3.85. The van der Waals surface area contributed by atoms with Crippen LogP contribution < -0.4 is 20.3 Å². The van der Waals surface area contributed by atoms with Crippen LogP contribution in [0.1, 0.15) is 37.1 Å². The van der Waals surface area contributed by atoms with Crippen molar-refractivity contribution in [3.8, 4) is 22.8 Å². The average Bonchev–Trinajstić information content (AvgIpc) is 3.61. The van der Waals surface area contributed by atoms with Gasteiger partial charge in [0.1, 0.15) is 23.6 Å². The number of nitrogens with one attached hydrogen (secondary N) is 2. The van der Waals surface area contributed by atoms with Crippen molar-refractivity contribution >= 4 is 10.9 Å². The van der Waals surface area contributed by atoms with Gasteiger partial charge in [0.15, 0.2) is 11.5 Å². The molecule has 9 heteroatoms. The highest BCUT2D eigenvalue weighted by Crippen LogP contribution is 2.43. The van der Waals surface area contributed by atoms with Gasteiger partial charge in [-0.05, 0) is 55.6 Å². The largest absolute Gasteiger partial charge is 0.493 e. The first kappa shape index (κ1) is 23.5. The number of aromatic amines is 1. The van der Waals surface area contributed by atoms with Crippen LogP contribution in [0.5, 0.6) is 11.5 Å². The van der Waals surface area contributed by atoms with Crippen LogP contribution in [0.25, 0.3) is 22.2 Å². The average molecular weight is 505 g/mol. The second-order valence-electron chi connectivity index (χ2n) is 9.86. The van der Waals surface area contributed by atoms with Crippen LogP contribution in [0.3, 0.4) is 0 Å². The maximum Gasteiger partial charge on any atom is 0.258 e. The van der Waals surface area contributed by atoms with E-state index >= 15 is 0 Å². The standard InChI is InChI=1S/C28H26F2N4O3/c1-36-24-12-21-23(13-25(24)37-20-4-7-32-28(14-20)5-6-28)33-26(34-27(21)35)8-16-2-3-22(31-15-16)17-9-18(29)11-19(30)10-17/h2-3,9-13,15,20,32H,4-8,14H2,1H3,(H,33,34,35). The minimum Gasteiger partial charge on any atom is -0.493 e. The molecule has 0 amide bonds. The van der Waals surface area contributed by atoms with Gasteiger partial charge >= 0.3 is 0 Å². The highest BCUT2D eigenvalue weighted by atomic mass is 19.1. The van der Waals surface area contributed by atoms with E-state index in [2.05, 4.69) is 20.3 Å².